The molecule has 0 spiro atoms. The summed E-state index contributed by atoms with van der Waals surface area (Å²) in [4.78, 5) is 28.9. The Balaban J connectivity index is 1.57. The molecule has 1 amide bonds. The van der Waals surface area contributed by atoms with E-state index in [4.69, 9.17) is 14.9 Å². The third kappa shape index (κ3) is 5.35. The quantitative estimate of drug-likeness (QED) is 0.461. The van der Waals surface area contributed by atoms with Crippen LogP contribution >= 0.6 is 0 Å². The van der Waals surface area contributed by atoms with E-state index in [0.29, 0.717) is 28.3 Å². The molecule has 0 aliphatic carbocycles. The zero-order valence-electron chi connectivity index (χ0n) is 16.8. The van der Waals surface area contributed by atoms with Gasteiger partial charge in [0.25, 0.3) is 5.91 Å². The van der Waals surface area contributed by atoms with Crippen molar-refractivity contribution in [2.45, 2.75) is 20.3 Å². The largest absolute Gasteiger partial charge is 0.464 e. The fraction of sp³-hybridized carbons (Fsp3) is 0.174. The Morgan fingerprint density at radius 2 is 1.77 bits per heavy atom. The fourth-order valence-corrected chi connectivity index (χ4v) is 2.92. The monoisotopic (exact) mass is 405 g/mol. The average Bonchev–Trinajstić information content (AvgIpc) is 3.14. The van der Waals surface area contributed by atoms with E-state index in [1.165, 1.54) is 6.26 Å². The van der Waals surface area contributed by atoms with Crippen molar-refractivity contribution in [2.24, 2.45) is 10.7 Å². The van der Waals surface area contributed by atoms with Crippen LogP contribution in [0.25, 0.3) is 11.0 Å². The Bertz CT molecular complexity index is 1110. The second-order valence-corrected chi connectivity index (χ2v) is 6.73. The van der Waals surface area contributed by atoms with E-state index in [-0.39, 0.29) is 6.42 Å². The van der Waals surface area contributed by atoms with Gasteiger partial charge < -0.3 is 20.2 Å². The van der Waals surface area contributed by atoms with Crippen molar-refractivity contribution in [3.63, 3.8) is 0 Å². The molecule has 0 atom stereocenters. The van der Waals surface area contributed by atoms with Crippen molar-refractivity contribution in [1.82, 2.24) is 5.32 Å². The number of nitrogens with one attached hydrogen (secondary N) is 1. The molecule has 0 bridgehead atoms. The highest BCUT2D eigenvalue weighted by molar-refractivity contribution is 6.03. The Kier molecular flexibility index (Phi) is 6.64. The molecule has 154 valence electrons. The lowest BCUT2D eigenvalue weighted by molar-refractivity contribution is -0.147. The van der Waals surface area contributed by atoms with Crippen molar-refractivity contribution in [3.05, 3.63) is 77.8 Å². The standard InChI is InChI=1S/C23H23N3O4/c1-15(24)23(16(2)25-18-8-4-3-5-9-18)26-21(27)14-30-22(28)12-17-13-29-20-11-7-6-10-19(17)20/h3-11,13H,12,14,24H2,1-2H3,(H,26,27). The van der Waals surface area contributed by atoms with Crippen LogP contribution in [0.15, 0.2) is 81.7 Å². The molecule has 0 radical (unpaired) electrons. The van der Waals surface area contributed by atoms with Gasteiger partial charge in [0.2, 0.25) is 0 Å². The molecule has 2 aromatic carbocycles. The number of carbonyl (C=O) groups excluding carboxylic acids is 2. The molecule has 0 fully saturated rings. The summed E-state index contributed by atoms with van der Waals surface area (Å²) in [7, 11) is 0. The molecule has 0 aliphatic rings. The Morgan fingerprint density at radius 3 is 2.50 bits per heavy atom. The van der Waals surface area contributed by atoms with Crippen LogP contribution < -0.4 is 11.1 Å². The summed E-state index contributed by atoms with van der Waals surface area (Å²) in [5.41, 5.74) is 9.38. The number of aliphatic imine (C=N–C) groups is 1. The number of para-hydroxylation sites is 2. The van der Waals surface area contributed by atoms with Gasteiger partial charge in [-0.1, -0.05) is 36.4 Å². The van der Waals surface area contributed by atoms with Crippen molar-refractivity contribution in [1.29, 1.82) is 0 Å². The Hall–Kier alpha value is -3.87. The van der Waals surface area contributed by atoms with Gasteiger partial charge in [0.1, 0.15) is 5.58 Å². The van der Waals surface area contributed by atoms with Crippen LogP contribution in [0.4, 0.5) is 5.69 Å². The number of furan rings is 1. The molecule has 1 aromatic heterocycles. The van der Waals surface area contributed by atoms with E-state index >= 15 is 0 Å². The number of hydrogen-bond donors (Lipinski definition) is 2. The maximum absolute atomic E-state index is 12.3. The number of allylic oxidation sites excluding steroid dienone is 2. The molecule has 30 heavy (non-hydrogen) atoms. The maximum atomic E-state index is 12.3. The third-order valence-electron chi connectivity index (χ3n) is 4.33. The van der Waals surface area contributed by atoms with Crippen LogP contribution in [0.2, 0.25) is 0 Å². The molecule has 7 nitrogen and oxygen atoms in total. The molecule has 3 N–H and O–H groups in total. The van der Waals surface area contributed by atoms with Crippen LogP contribution in [0.1, 0.15) is 19.4 Å². The second-order valence-electron chi connectivity index (χ2n) is 6.73. The summed E-state index contributed by atoms with van der Waals surface area (Å²) in [5.74, 6) is -1.02. The summed E-state index contributed by atoms with van der Waals surface area (Å²) in [6, 6.07) is 16.7. The highest BCUT2D eigenvalue weighted by atomic mass is 16.5. The number of benzene rings is 2. The number of carbonyl (C=O) groups is 2. The van der Waals surface area contributed by atoms with Gasteiger partial charge >= 0.3 is 5.97 Å². The van der Waals surface area contributed by atoms with Crippen molar-refractivity contribution in [2.75, 3.05) is 6.61 Å². The van der Waals surface area contributed by atoms with Gasteiger partial charge in [-0.2, -0.15) is 0 Å². The van der Waals surface area contributed by atoms with Crippen LogP contribution in [-0.2, 0) is 20.7 Å². The zero-order valence-corrected chi connectivity index (χ0v) is 16.8. The fourth-order valence-electron chi connectivity index (χ4n) is 2.92. The first-order valence-electron chi connectivity index (χ1n) is 9.41. The third-order valence-corrected chi connectivity index (χ3v) is 4.33. The summed E-state index contributed by atoms with van der Waals surface area (Å²) in [5, 5.41) is 3.51. The van der Waals surface area contributed by atoms with Crippen LogP contribution in [-0.4, -0.2) is 24.2 Å². The summed E-state index contributed by atoms with van der Waals surface area (Å²) in [6.45, 7) is 2.98. The highest BCUT2D eigenvalue weighted by Gasteiger charge is 2.15. The molecular weight excluding hydrogens is 382 g/mol. The lowest BCUT2D eigenvalue weighted by atomic mass is 10.1. The van der Waals surface area contributed by atoms with Gasteiger partial charge in [-0.3, -0.25) is 14.6 Å². The number of nitrogens with two attached hydrogens (primary N) is 1. The minimum Gasteiger partial charge on any atom is -0.464 e. The van der Waals surface area contributed by atoms with Gasteiger partial charge in [0.05, 0.1) is 29.8 Å². The summed E-state index contributed by atoms with van der Waals surface area (Å²) >= 11 is 0. The smallest absolute Gasteiger partial charge is 0.310 e. The Morgan fingerprint density at radius 1 is 1.07 bits per heavy atom. The second kappa shape index (κ2) is 9.56. The van der Waals surface area contributed by atoms with Gasteiger partial charge in [-0.15, -0.1) is 0 Å². The van der Waals surface area contributed by atoms with Gasteiger partial charge in [0.15, 0.2) is 6.61 Å². The molecular formula is C23H23N3O4. The minimum absolute atomic E-state index is 0.0113. The lowest BCUT2D eigenvalue weighted by Gasteiger charge is -2.12. The number of fused-ring (bicyclic) bond motifs is 1. The van der Waals surface area contributed by atoms with E-state index in [1.807, 2.05) is 54.6 Å². The first-order valence-corrected chi connectivity index (χ1v) is 9.41. The number of esters is 1. The number of amides is 1. The number of hydrogen-bond acceptors (Lipinski definition) is 6. The minimum atomic E-state index is -0.527. The van der Waals surface area contributed by atoms with E-state index in [0.717, 1.165) is 11.1 Å². The number of rotatable bonds is 7. The van der Waals surface area contributed by atoms with Gasteiger partial charge in [-0.25, -0.2) is 0 Å². The van der Waals surface area contributed by atoms with E-state index in [1.54, 1.807) is 13.8 Å². The molecule has 0 unspecified atom stereocenters. The molecule has 1 heterocycles. The highest BCUT2D eigenvalue weighted by Crippen LogP contribution is 2.21. The first-order chi connectivity index (χ1) is 14.4. The lowest BCUT2D eigenvalue weighted by Crippen LogP contribution is -2.32. The van der Waals surface area contributed by atoms with Crippen molar-refractivity contribution in [3.8, 4) is 0 Å². The van der Waals surface area contributed by atoms with E-state index in [9.17, 15) is 9.59 Å². The van der Waals surface area contributed by atoms with Gasteiger partial charge in [-0.05, 0) is 32.0 Å². The summed E-state index contributed by atoms with van der Waals surface area (Å²) in [6.07, 6.45) is 1.53. The molecule has 0 saturated carbocycles. The van der Waals surface area contributed by atoms with Crippen molar-refractivity contribution >= 4 is 34.2 Å². The number of nitrogens with zero attached hydrogens (tertiary/aromatic N) is 1. The predicted molar refractivity (Wildman–Crippen MR) is 115 cm³/mol. The first kappa shape index (κ1) is 20.9. The molecule has 3 rings (SSSR count). The van der Waals surface area contributed by atoms with Crippen molar-refractivity contribution < 1.29 is 18.7 Å². The number of ether oxygens (including phenoxy) is 1. The zero-order chi connectivity index (χ0) is 21.5. The van der Waals surface area contributed by atoms with E-state index < -0.39 is 18.5 Å². The summed E-state index contributed by atoms with van der Waals surface area (Å²) < 4.78 is 10.5. The molecule has 7 heteroatoms. The average molecular weight is 405 g/mol. The van der Waals surface area contributed by atoms with Crippen LogP contribution in [0, 0.1) is 0 Å². The molecule has 0 aliphatic heterocycles. The van der Waals surface area contributed by atoms with Crippen LogP contribution in [0.5, 0.6) is 0 Å². The topological polar surface area (TPSA) is 107 Å². The maximum Gasteiger partial charge on any atom is 0.310 e. The molecule has 3 aromatic rings. The predicted octanol–water partition coefficient (Wildman–Crippen LogP) is 3.62. The van der Waals surface area contributed by atoms with Gasteiger partial charge in [0, 0.05) is 16.6 Å². The Labute approximate surface area is 174 Å². The SMILES string of the molecule is CC(=Nc1ccccc1)C(NC(=O)COC(=O)Cc1coc2ccccc12)=C(C)N. The molecule has 0 saturated heterocycles. The van der Waals surface area contributed by atoms with E-state index in [2.05, 4.69) is 10.3 Å². The normalized spacial score (nSPS) is 12.4. The van der Waals surface area contributed by atoms with Crippen LogP contribution in [0.3, 0.4) is 0 Å².